The number of nitrogens with one attached hydrogen (secondary N) is 1. The van der Waals surface area contributed by atoms with Crippen LogP contribution in [0.25, 0.3) is 0 Å². The van der Waals surface area contributed by atoms with Crippen molar-refractivity contribution in [2.75, 3.05) is 0 Å². The Morgan fingerprint density at radius 1 is 1.35 bits per heavy atom. The van der Waals surface area contributed by atoms with Crippen molar-refractivity contribution in [3.63, 3.8) is 0 Å². The predicted molar refractivity (Wildman–Crippen MR) is 79.8 cm³/mol. The van der Waals surface area contributed by atoms with E-state index < -0.39 is 0 Å². The molecule has 0 unspecified atom stereocenters. The summed E-state index contributed by atoms with van der Waals surface area (Å²) in [7, 11) is 0. The van der Waals surface area contributed by atoms with Gasteiger partial charge in [-0.2, -0.15) is 0 Å². The van der Waals surface area contributed by atoms with Crippen molar-refractivity contribution in [1.29, 1.82) is 0 Å². The van der Waals surface area contributed by atoms with Crippen LogP contribution in [0.3, 0.4) is 0 Å². The fourth-order valence-electron chi connectivity index (χ4n) is 1.70. The fourth-order valence-corrected chi connectivity index (χ4v) is 2.09. The zero-order valence-corrected chi connectivity index (χ0v) is 13.4. The number of rotatable bonds is 4. The molecule has 0 saturated carbocycles. The van der Waals surface area contributed by atoms with Crippen molar-refractivity contribution in [3.8, 4) is 0 Å². The summed E-state index contributed by atoms with van der Waals surface area (Å²) in [6.45, 7) is 7.44. The number of nitrogens with zero attached hydrogens (tertiary/aromatic N) is 3. The molecule has 1 heterocycles. The van der Waals surface area contributed by atoms with Crippen LogP contribution in [0.2, 0.25) is 0 Å². The van der Waals surface area contributed by atoms with E-state index in [4.69, 9.17) is 0 Å². The van der Waals surface area contributed by atoms with Gasteiger partial charge in [-0.25, -0.2) is 9.07 Å². The van der Waals surface area contributed by atoms with E-state index in [9.17, 15) is 4.39 Å². The molecule has 1 aromatic heterocycles. The maximum absolute atomic E-state index is 13.4. The third-order valence-corrected chi connectivity index (χ3v) is 3.64. The van der Waals surface area contributed by atoms with Crippen LogP contribution < -0.4 is 5.32 Å². The van der Waals surface area contributed by atoms with Crippen LogP contribution in [-0.4, -0.2) is 20.5 Å². The summed E-state index contributed by atoms with van der Waals surface area (Å²) in [4.78, 5) is 0. The Hall–Kier alpha value is -1.27. The number of aromatic nitrogens is 3. The molecule has 0 bridgehead atoms. The Balaban J connectivity index is 2.04. The lowest BCUT2D eigenvalue weighted by Crippen LogP contribution is -2.35. The van der Waals surface area contributed by atoms with Crippen molar-refractivity contribution in [3.05, 3.63) is 45.9 Å². The van der Waals surface area contributed by atoms with Crippen molar-refractivity contribution in [1.82, 2.24) is 20.3 Å². The van der Waals surface area contributed by atoms with Gasteiger partial charge in [-0.1, -0.05) is 17.3 Å². The first-order chi connectivity index (χ1) is 9.35. The molecule has 0 radical (unpaired) electrons. The van der Waals surface area contributed by atoms with Gasteiger partial charge in [0.1, 0.15) is 5.82 Å². The lowest BCUT2D eigenvalue weighted by Gasteiger charge is -2.19. The van der Waals surface area contributed by atoms with E-state index in [2.05, 4.69) is 52.3 Å². The van der Waals surface area contributed by atoms with Crippen LogP contribution in [-0.2, 0) is 13.1 Å². The first-order valence-electron chi connectivity index (χ1n) is 6.42. The molecule has 6 heteroatoms. The second-order valence-corrected chi connectivity index (χ2v) is 6.52. The van der Waals surface area contributed by atoms with E-state index in [1.165, 1.54) is 6.07 Å². The summed E-state index contributed by atoms with van der Waals surface area (Å²) < 4.78 is 15.6. The average Bonchev–Trinajstić information content (AvgIpc) is 2.80. The molecule has 0 atom stereocenters. The van der Waals surface area contributed by atoms with E-state index >= 15 is 0 Å². The smallest absolute Gasteiger partial charge is 0.137 e. The van der Waals surface area contributed by atoms with Gasteiger partial charge >= 0.3 is 0 Å². The average molecular weight is 341 g/mol. The first kappa shape index (κ1) is 15.1. The standard InChI is InChI=1S/C14H18BrFN4/c1-14(2,3)17-7-11-9-20(19-18-11)8-10-5-4-6-12(16)13(10)15/h4-6,9,17H,7-8H2,1-3H3. The van der Waals surface area contributed by atoms with Crippen molar-refractivity contribution >= 4 is 15.9 Å². The molecule has 0 saturated heterocycles. The maximum atomic E-state index is 13.4. The minimum Gasteiger partial charge on any atom is -0.306 e. The number of hydrogen-bond donors (Lipinski definition) is 1. The second-order valence-electron chi connectivity index (χ2n) is 5.72. The molecule has 1 N–H and O–H groups in total. The van der Waals surface area contributed by atoms with E-state index in [0.29, 0.717) is 17.6 Å². The van der Waals surface area contributed by atoms with Gasteiger partial charge in [-0.15, -0.1) is 5.10 Å². The summed E-state index contributed by atoms with van der Waals surface area (Å²) in [6.07, 6.45) is 1.87. The quantitative estimate of drug-likeness (QED) is 0.929. The van der Waals surface area contributed by atoms with Gasteiger partial charge in [0.05, 0.1) is 22.9 Å². The Morgan fingerprint density at radius 3 is 2.80 bits per heavy atom. The molecular weight excluding hydrogens is 323 g/mol. The van der Waals surface area contributed by atoms with E-state index in [0.717, 1.165) is 11.3 Å². The molecule has 0 aliphatic heterocycles. The van der Waals surface area contributed by atoms with Crippen molar-refractivity contribution in [2.24, 2.45) is 0 Å². The Bertz CT molecular complexity index is 589. The van der Waals surface area contributed by atoms with Gasteiger partial charge in [0.15, 0.2) is 0 Å². The van der Waals surface area contributed by atoms with E-state index in [1.807, 2.05) is 12.3 Å². The number of benzene rings is 1. The highest BCUT2D eigenvalue weighted by molar-refractivity contribution is 9.10. The molecule has 0 fully saturated rings. The molecule has 0 aliphatic rings. The van der Waals surface area contributed by atoms with E-state index in [1.54, 1.807) is 10.7 Å². The number of hydrogen-bond acceptors (Lipinski definition) is 3. The van der Waals surface area contributed by atoms with Gasteiger partial charge in [-0.05, 0) is 48.3 Å². The van der Waals surface area contributed by atoms with Gasteiger partial charge in [0.25, 0.3) is 0 Å². The Morgan fingerprint density at radius 2 is 2.10 bits per heavy atom. The maximum Gasteiger partial charge on any atom is 0.137 e. The molecular formula is C14H18BrFN4. The van der Waals surface area contributed by atoms with Crippen LogP contribution in [0.1, 0.15) is 32.0 Å². The van der Waals surface area contributed by atoms with Gasteiger partial charge < -0.3 is 5.32 Å². The third kappa shape index (κ3) is 4.11. The first-order valence-corrected chi connectivity index (χ1v) is 7.21. The highest BCUT2D eigenvalue weighted by Crippen LogP contribution is 2.21. The number of halogens is 2. The van der Waals surface area contributed by atoms with Crippen LogP contribution >= 0.6 is 15.9 Å². The lowest BCUT2D eigenvalue weighted by atomic mass is 10.1. The van der Waals surface area contributed by atoms with Crippen molar-refractivity contribution < 1.29 is 4.39 Å². The van der Waals surface area contributed by atoms with Crippen molar-refractivity contribution in [2.45, 2.75) is 39.4 Å². The largest absolute Gasteiger partial charge is 0.306 e. The van der Waals surface area contributed by atoms with Gasteiger partial charge in [-0.3, -0.25) is 0 Å². The van der Waals surface area contributed by atoms with Crippen LogP contribution in [0.4, 0.5) is 4.39 Å². The van der Waals surface area contributed by atoms with Crippen LogP contribution in [0, 0.1) is 5.82 Å². The zero-order valence-electron chi connectivity index (χ0n) is 11.8. The summed E-state index contributed by atoms with van der Waals surface area (Å²) in [5.41, 5.74) is 1.74. The SMILES string of the molecule is CC(C)(C)NCc1cn(Cc2cccc(F)c2Br)nn1. The Kier molecular flexibility index (Phi) is 4.55. The molecule has 108 valence electrons. The molecule has 2 aromatic rings. The lowest BCUT2D eigenvalue weighted by molar-refractivity contribution is 0.421. The normalized spacial score (nSPS) is 11.8. The topological polar surface area (TPSA) is 42.7 Å². The van der Waals surface area contributed by atoms with Crippen LogP contribution in [0.15, 0.2) is 28.9 Å². The Labute approximate surface area is 126 Å². The van der Waals surface area contributed by atoms with E-state index in [-0.39, 0.29) is 11.4 Å². The summed E-state index contributed by atoms with van der Waals surface area (Å²) in [5, 5.41) is 11.5. The van der Waals surface area contributed by atoms with Crippen LogP contribution in [0.5, 0.6) is 0 Å². The summed E-state index contributed by atoms with van der Waals surface area (Å²) >= 11 is 3.25. The molecule has 0 aliphatic carbocycles. The highest BCUT2D eigenvalue weighted by atomic mass is 79.9. The molecule has 20 heavy (non-hydrogen) atoms. The van der Waals surface area contributed by atoms with Gasteiger partial charge in [0.2, 0.25) is 0 Å². The fraction of sp³-hybridized carbons (Fsp3) is 0.429. The summed E-state index contributed by atoms with van der Waals surface area (Å²) in [5.74, 6) is -0.266. The monoisotopic (exact) mass is 340 g/mol. The minimum absolute atomic E-state index is 0.0371. The molecule has 0 spiro atoms. The highest BCUT2D eigenvalue weighted by Gasteiger charge is 2.11. The predicted octanol–water partition coefficient (Wildman–Crippen LogP) is 3.12. The molecule has 1 aromatic carbocycles. The van der Waals surface area contributed by atoms with Gasteiger partial charge in [0, 0.05) is 12.1 Å². The molecule has 2 rings (SSSR count). The molecule has 0 amide bonds. The zero-order chi connectivity index (χ0) is 14.8. The molecule has 4 nitrogen and oxygen atoms in total. The summed E-state index contributed by atoms with van der Waals surface area (Å²) in [6, 6.07) is 4.98. The second kappa shape index (κ2) is 6.01. The third-order valence-electron chi connectivity index (χ3n) is 2.75. The minimum atomic E-state index is -0.266.